The van der Waals surface area contributed by atoms with Crippen molar-refractivity contribution < 1.29 is 4.42 Å². The van der Waals surface area contributed by atoms with Gasteiger partial charge in [0.25, 0.3) is 0 Å². The molecule has 0 amide bonds. The molecule has 250 valence electrons. The Morgan fingerprint density at radius 3 is 1.75 bits per heavy atom. The first-order valence-electron chi connectivity index (χ1n) is 18.0. The molecule has 10 rings (SSSR count). The molecular weight excluding hydrogens is 645 g/mol. The quantitative estimate of drug-likeness (QED) is 0.167. The third kappa shape index (κ3) is 5.30. The largest absolute Gasteiger partial charge is 0.453 e. The molecular formula is C50H34N2O. The van der Waals surface area contributed by atoms with E-state index in [4.69, 9.17) is 4.42 Å². The van der Waals surface area contributed by atoms with Crippen LogP contribution >= 0.6 is 0 Å². The van der Waals surface area contributed by atoms with Gasteiger partial charge in [0.05, 0.1) is 11.2 Å². The summed E-state index contributed by atoms with van der Waals surface area (Å²) in [5.41, 5.74) is 15.2. The number of hydrogen-bond acceptors (Lipinski definition) is 2. The average molecular weight is 679 g/mol. The van der Waals surface area contributed by atoms with Gasteiger partial charge in [-0.15, -0.1) is 0 Å². The van der Waals surface area contributed by atoms with Crippen LogP contribution in [-0.4, -0.2) is 4.57 Å². The van der Waals surface area contributed by atoms with Crippen molar-refractivity contribution in [1.29, 1.82) is 0 Å². The van der Waals surface area contributed by atoms with Crippen molar-refractivity contribution in [1.82, 2.24) is 4.57 Å². The summed E-state index contributed by atoms with van der Waals surface area (Å²) in [6, 6.07) is 73.1. The summed E-state index contributed by atoms with van der Waals surface area (Å²) >= 11 is 0. The predicted octanol–water partition coefficient (Wildman–Crippen LogP) is 14.0. The maximum Gasteiger partial charge on any atom is 0.161 e. The fraction of sp³-hybridized carbons (Fsp3) is 0. The van der Waals surface area contributed by atoms with Crippen LogP contribution in [0.2, 0.25) is 0 Å². The molecule has 0 aliphatic rings. The summed E-state index contributed by atoms with van der Waals surface area (Å²) in [4.78, 5) is 2.37. The highest BCUT2D eigenvalue weighted by molar-refractivity contribution is 6.18. The Morgan fingerprint density at radius 1 is 0.377 bits per heavy atom. The molecule has 0 N–H and O–H groups in total. The van der Waals surface area contributed by atoms with Crippen molar-refractivity contribution in [2.75, 3.05) is 4.90 Å². The summed E-state index contributed by atoms with van der Waals surface area (Å²) in [7, 11) is 0. The number of para-hydroxylation sites is 4. The van der Waals surface area contributed by atoms with E-state index >= 15 is 0 Å². The standard InChI is InChI=1S/C50H34N2O/c1-4-16-35(17-5-1)36-30-32-40(33-31-36)51(46-28-12-10-24-42(46)37-18-6-2-7-19-37)41-23-14-20-38(34-41)43-26-15-27-45-48-50(53-49(43)45)44-25-11-13-29-47(44)52(48)39-21-8-3-9-22-39/h1-34H. The smallest absolute Gasteiger partial charge is 0.161 e. The second-order valence-electron chi connectivity index (χ2n) is 13.3. The van der Waals surface area contributed by atoms with Crippen molar-refractivity contribution in [3.05, 3.63) is 206 Å². The fourth-order valence-electron chi connectivity index (χ4n) is 7.77. The monoisotopic (exact) mass is 678 g/mol. The van der Waals surface area contributed by atoms with Crippen LogP contribution in [0.4, 0.5) is 17.1 Å². The molecule has 0 atom stereocenters. The molecule has 0 aliphatic heterocycles. The van der Waals surface area contributed by atoms with Crippen molar-refractivity contribution in [3.8, 4) is 39.1 Å². The lowest BCUT2D eigenvalue weighted by Crippen LogP contribution is -2.11. The highest BCUT2D eigenvalue weighted by Crippen LogP contribution is 2.45. The molecule has 0 spiro atoms. The zero-order chi connectivity index (χ0) is 35.1. The van der Waals surface area contributed by atoms with E-state index in [1.165, 1.54) is 16.7 Å². The number of hydrogen-bond donors (Lipinski definition) is 0. The summed E-state index contributed by atoms with van der Waals surface area (Å²) in [5, 5.41) is 2.19. The minimum atomic E-state index is 0.883. The van der Waals surface area contributed by atoms with Gasteiger partial charge >= 0.3 is 0 Å². The molecule has 0 saturated carbocycles. The van der Waals surface area contributed by atoms with Gasteiger partial charge in [0.15, 0.2) is 5.58 Å². The summed E-state index contributed by atoms with van der Waals surface area (Å²) < 4.78 is 9.25. The molecule has 0 radical (unpaired) electrons. The lowest BCUT2D eigenvalue weighted by molar-refractivity contribution is 0.674. The second-order valence-corrected chi connectivity index (χ2v) is 13.3. The SMILES string of the molecule is c1ccc(-c2ccc(N(c3cccc(-c4cccc5c4oc4c6ccccc6n(-c6ccccc6)c54)c3)c3ccccc3-c3ccccc3)cc2)cc1. The number of fused-ring (bicyclic) bond motifs is 5. The normalized spacial score (nSPS) is 11.4. The van der Waals surface area contributed by atoms with Crippen molar-refractivity contribution >= 4 is 50.0 Å². The zero-order valence-corrected chi connectivity index (χ0v) is 28.9. The minimum Gasteiger partial charge on any atom is -0.453 e. The van der Waals surface area contributed by atoms with E-state index < -0.39 is 0 Å². The van der Waals surface area contributed by atoms with E-state index in [0.29, 0.717) is 0 Å². The van der Waals surface area contributed by atoms with Gasteiger partial charge in [0.1, 0.15) is 11.1 Å². The zero-order valence-electron chi connectivity index (χ0n) is 28.9. The van der Waals surface area contributed by atoms with Crippen LogP contribution in [0.3, 0.4) is 0 Å². The first-order chi connectivity index (χ1) is 26.3. The first-order valence-corrected chi connectivity index (χ1v) is 18.0. The molecule has 10 aromatic rings. The number of aromatic nitrogens is 1. The summed E-state index contributed by atoms with van der Waals surface area (Å²) in [6.07, 6.45) is 0. The number of nitrogens with zero attached hydrogens (tertiary/aromatic N) is 2. The highest BCUT2D eigenvalue weighted by Gasteiger charge is 2.22. The van der Waals surface area contributed by atoms with Crippen LogP contribution in [0.5, 0.6) is 0 Å². The molecule has 3 nitrogen and oxygen atoms in total. The molecule has 2 heterocycles. The van der Waals surface area contributed by atoms with E-state index in [-0.39, 0.29) is 0 Å². The van der Waals surface area contributed by atoms with Gasteiger partial charge in [0.2, 0.25) is 0 Å². The molecule has 0 aliphatic carbocycles. The van der Waals surface area contributed by atoms with E-state index in [1.54, 1.807) is 0 Å². The molecule has 2 aromatic heterocycles. The molecule has 0 saturated heterocycles. The first kappa shape index (κ1) is 30.7. The van der Waals surface area contributed by atoms with Crippen LogP contribution in [0.25, 0.3) is 72.0 Å². The molecule has 3 heteroatoms. The minimum absolute atomic E-state index is 0.883. The lowest BCUT2D eigenvalue weighted by Gasteiger charge is -2.28. The third-order valence-electron chi connectivity index (χ3n) is 10.2. The number of furan rings is 1. The van der Waals surface area contributed by atoms with Crippen molar-refractivity contribution in [3.63, 3.8) is 0 Å². The van der Waals surface area contributed by atoms with Gasteiger partial charge in [-0.05, 0) is 82.9 Å². The molecule has 8 aromatic carbocycles. The molecule has 0 fully saturated rings. The fourth-order valence-corrected chi connectivity index (χ4v) is 7.77. The maximum atomic E-state index is 6.92. The number of rotatable bonds is 7. The van der Waals surface area contributed by atoms with Crippen molar-refractivity contribution in [2.24, 2.45) is 0 Å². The Kier molecular flexibility index (Phi) is 7.47. The third-order valence-corrected chi connectivity index (χ3v) is 10.2. The number of anilines is 3. The number of benzene rings is 8. The Hall–Kier alpha value is -7.10. The Morgan fingerprint density at radius 2 is 0.962 bits per heavy atom. The van der Waals surface area contributed by atoms with E-state index in [1.807, 2.05) is 0 Å². The van der Waals surface area contributed by atoms with Gasteiger partial charge in [-0.3, -0.25) is 0 Å². The van der Waals surface area contributed by atoms with E-state index in [0.717, 1.165) is 72.4 Å². The van der Waals surface area contributed by atoms with Crippen LogP contribution in [0.1, 0.15) is 0 Å². The summed E-state index contributed by atoms with van der Waals surface area (Å²) in [5.74, 6) is 0. The molecule has 53 heavy (non-hydrogen) atoms. The van der Waals surface area contributed by atoms with Gasteiger partial charge in [-0.1, -0.05) is 146 Å². The second kappa shape index (κ2) is 12.9. The average Bonchev–Trinajstić information content (AvgIpc) is 3.78. The van der Waals surface area contributed by atoms with Crippen LogP contribution < -0.4 is 4.90 Å². The van der Waals surface area contributed by atoms with Crippen LogP contribution in [-0.2, 0) is 0 Å². The Balaban J connectivity index is 1.16. The molecule has 0 unspecified atom stereocenters. The van der Waals surface area contributed by atoms with Crippen LogP contribution in [0, 0.1) is 0 Å². The van der Waals surface area contributed by atoms with Gasteiger partial charge in [0, 0.05) is 39.0 Å². The Labute approximate surface area is 308 Å². The van der Waals surface area contributed by atoms with E-state index in [9.17, 15) is 0 Å². The lowest BCUT2D eigenvalue weighted by atomic mass is 9.99. The van der Waals surface area contributed by atoms with Gasteiger partial charge in [-0.25, -0.2) is 0 Å². The topological polar surface area (TPSA) is 21.3 Å². The Bertz CT molecular complexity index is 2870. The maximum absolute atomic E-state index is 6.92. The highest BCUT2D eigenvalue weighted by atomic mass is 16.3. The van der Waals surface area contributed by atoms with E-state index in [2.05, 4.69) is 216 Å². The van der Waals surface area contributed by atoms with Gasteiger partial charge < -0.3 is 13.9 Å². The summed E-state index contributed by atoms with van der Waals surface area (Å²) in [6.45, 7) is 0. The molecule has 0 bridgehead atoms. The van der Waals surface area contributed by atoms with Crippen molar-refractivity contribution in [2.45, 2.75) is 0 Å². The van der Waals surface area contributed by atoms with Gasteiger partial charge in [-0.2, -0.15) is 0 Å². The van der Waals surface area contributed by atoms with Crippen LogP contribution in [0.15, 0.2) is 211 Å². The predicted molar refractivity (Wildman–Crippen MR) is 222 cm³/mol.